The van der Waals surface area contributed by atoms with E-state index in [2.05, 4.69) is 22.0 Å². The lowest BCUT2D eigenvalue weighted by molar-refractivity contribution is 0.594. The van der Waals surface area contributed by atoms with Gasteiger partial charge in [-0.15, -0.1) is 0 Å². The van der Waals surface area contributed by atoms with E-state index in [0.29, 0.717) is 0 Å². The molecule has 3 nitrogen and oxygen atoms in total. The number of hydrogen-bond acceptors (Lipinski definition) is 3. The summed E-state index contributed by atoms with van der Waals surface area (Å²) in [7, 11) is -3.13. The number of sulfone groups is 1. The molecule has 17 heavy (non-hydrogen) atoms. The summed E-state index contributed by atoms with van der Waals surface area (Å²) in [6, 6.07) is 9.61. The predicted octanol–water partition coefficient (Wildman–Crippen LogP) is 2.49. The third kappa shape index (κ3) is 2.24. The fraction of sp³-hybridized carbons (Fsp3) is 0.417. The minimum atomic E-state index is -3.13. The Labute approximate surface area is 110 Å². The van der Waals surface area contributed by atoms with Crippen LogP contribution >= 0.6 is 15.9 Å². The topological polar surface area (TPSA) is 57.9 Å². The van der Waals surface area contributed by atoms with Crippen molar-refractivity contribution in [3.8, 4) is 6.07 Å². The lowest BCUT2D eigenvalue weighted by Gasteiger charge is -2.00. The van der Waals surface area contributed by atoms with Crippen molar-refractivity contribution in [1.82, 2.24) is 0 Å². The van der Waals surface area contributed by atoms with Crippen molar-refractivity contribution < 1.29 is 8.42 Å². The molecule has 1 fully saturated rings. The van der Waals surface area contributed by atoms with E-state index in [0.717, 1.165) is 10.0 Å². The molecule has 0 radical (unpaired) electrons. The number of benzene rings is 1. The largest absolute Gasteiger partial charge is 0.228 e. The molecule has 90 valence electrons. The van der Waals surface area contributed by atoms with E-state index in [1.165, 1.54) is 0 Å². The average molecular weight is 314 g/mol. The van der Waals surface area contributed by atoms with Gasteiger partial charge in [-0.05, 0) is 17.7 Å². The van der Waals surface area contributed by atoms with Crippen LogP contribution in [-0.2, 0) is 9.84 Å². The van der Waals surface area contributed by atoms with Crippen molar-refractivity contribution in [2.24, 2.45) is 5.92 Å². The number of nitriles is 1. The maximum atomic E-state index is 11.8. The number of rotatable bonds is 3. The lowest BCUT2D eigenvalue weighted by Crippen LogP contribution is -2.12. The van der Waals surface area contributed by atoms with Crippen molar-refractivity contribution >= 4 is 25.8 Å². The molecule has 0 saturated heterocycles. The van der Waals surface area contributed by atoms with E-state index in [9.17, 15) is 8.42 Å². The van der Waals surface area contributed by atoms with Gasteiger partial charge in [0.1, 0.15) is 0 Å². The van der Waals surface area contributed by atoms with E-state index in [-0.39, 0.29) is 17.6 Å². The number of halogens is 1. The minimum Gasteiger partial charge on any atom is -0.228 e. The summed E-state index contributed by atoms with van der Waals surface area (Å²) in [5, 5.41) is 8.48. The van der Waals surface area contributed by atoms with Crippen molar-refractivity contribution in [3.05, 3.63) is 34.3 Å². The highest BCUT2D eigenvalue weighted by Gasteiger charge is 2.58. The molecule has 0 unspecified atom stereocenters. The van der Waals surface area contributed by atoms with Crippen LogP contribution in [0.15, 0.2) is 28.7 Å². The Morgan fingerprint density at radius 2 is 1.94 bits per heavy atom. The van der Waals surface area contributed by atoms with Gasteiger partial charge in [0, 0.05) is 16.1 Å². The van der Waals surface area contributed by atoms with Gasteiger partial charge in [0.2, 0.25) is 0 Å². The first-order valence-corrected chi connectivity index (χ1v) is 7.88. The molecule has 0 amide bonds. The van der Waals surface area contributed by atoms with Gasteiger partial charge in [0.05, 0.1) is 17.2 Å². The molecule has 1 aromatic rings. The molecule has 1 aliphatic rings. The Bertz CT molecular complexity index is 559. The van der Waals surface area contributed by atoms with E-state index in [1.807, 2.05) is 24.3 Å². The molecule has 1 saturated carbocycles. The smallest absolute Gasteiger partial charge is 0.154 e. The molecular weight excluding hydrogens is 302 g/mol. The molecule has 5 heteroatoms. The molecule has 1 aromatic carbocycles. The monoisotopic (exact) mass is 313 g/mol. The van der Waals surface area contributed by atoms with E-state index in [1.54, 1.807) is 6.92 Å². The molecule has 0 N–H and O–H groups in total. The zero-order valence-electron chi connectivity index (χ0n) is 9.30. The lowest BCUT2D eigenvalue weighted by atomic mass is 10.1. The highest BCUT2D eigenvalue weighted by Crippen LogP contribution is 2.52. The van der Waals surface area contributed by atoms with Crippen LogP contribution in [0, 0.1) is 17.2 Å². The molecule has 0 spiro atoms. The average Bonchev–Trinajstić information content (AvgIpc) is 3.05. The van der Waals surface area contributed by atoms with Gasteiger partial charge < -0.3 is 0 Å². The summed E-state index contributed by atoms with van der Waals surface area (Å²) in [4.78, 5) is 0. The summed E-state index contributed by atoms with van der Waals surface area (Å²) >= 11 is 3.33. The third-order valence-corrected chi connectivity index (χ3v) is 5.92. The zero-order valence-corrected chi connectivity index (χ0v) is 11.7. The maximum Gasteiger partial charge on any atom is 0.154 e. The van der Waals surface area contributed by atoms with Crippen LogP contribution in [0.5, 0.6) is 0 Å². The van der Waals surface area contributed by atoms with Gasteiger partial charge in [0.25, 0.3) is 0 Å². The van der Waals surface area contributed by atoms with E-state index >= 15 is 0 Å². The molecule has 0 aliphatic heterocycles. The van der Waals surface area contributed by atoms with Crippen LogP contribution in [0.1, 0.15) is 18.4 Å². The Hall–Kier alpha value is -0.860. The molecule has 1 aliphatic carbocycles. The zero-order chi connectivity index (χ0) is 12.6. The minimum absolute atomic E-state index is 0.100. The second-order valence-electron chi connectivity index (χ2n) is 4.15. The first-order chi connectivity index (χ1) is 8.01. The fourth-order valence-corrected chi connectivity index (χ4v) is 4.17. The van der Waals surface area contributed by atoms with Crippen molar-refractivity contribution in [1.29, 1.82) is 5.26 Å². The Morgan fingerprint density at radius 3 is 2.41 bits per heavy atom. The summed E-state index contributed by atoms with van der Waals surface area (Å²) in [5.41, 5.74) is 0.932. The Morgan fingerprint density at radius 1 is 1.35 bits per heavy atom. The van der Waals surface area contributed by atoms with Crippen LogP contribution < -0.4 is 0 Å². The van der Waals surface area contributed by atoms with Crippen molar-refractivity contribution in [2.45, 2.75) is 18.1 Å². The van der Waals surface area contributed by atoms with Crippen LogP contribution in [0.4, 0.5) is 0 Å². The van der Waals surface area contributed by atoms with Gasteiger partial charge in [0.15, 0.2) is 9.84 Å². The Balaban J connectivity index is 2.30. The first-order valence-electron chi connectivity index (χ1n) is 5.38. The highest BCUT2D eigenvalue weighted by molar-refractivity contribution is 9.10. The van der Waals surface area contributed by atoms with Crippen LogP contribution in [0.2, 0.25) is 0 Å². The van der Waals surface area contributed by atoms with Crippen molar-refractivity contribution in [2.75, 3.05) is 5.75 Å². The maximum absolute atomic E-state index is 11.8. The molecule has 3 atom stereocenters. The third-order valence-electron chi connectivity index (χ3n) is 3.17. The molecule has 0 aromatic heterocycles. The van der Waals surface area contributed by atoms with E-state index < -0.39 is 15.1 Å². The highest BCUT2D eigenvalue weighted by atomic mass is 79.9. The van der Waals surface area contributed by atoms with Crippen LogP contribution in [0.25, 0.3) is 0 Å². The van der Waals surface area contributed by atoms with Gasteiger partial charge in [-0.2, -0.15) is 5.26 Å². The normalized spacial score (nSPS) is 27.5. The van der Waals surface area contributed by atoms with Gasteiger partial charge in [-0.25, -0.2) is 8.42 Å². The molecule has 2 rings (SSSR count). The second-order valence-corrected chi connectivity index (χ2v) is 7.51. The van der Waals surface area contributed by atoms with Gasteiger partial charge in [-0.1, -0.05) is 35.0 Å². The summed E-state index contributed by atoms with van der Waals surface area (Å²) in [5.74, 6) is -0.442. The number of nitrogens with zero attached hydrogens (tertiary/aromatic N) is 1. The molecular formula is C12H12BrNO2S. The fourth-order valence-electron chi connectivity index (χ4n) is 2.16. The molecule has 0 bridgehead atoms. The van der Waals surface area contributed by atoms with E-state index in [4.69, 9.17) is 5.26 Å². The SMILES string of the molecule is CCS(=O)(=O)[C@@H]1[C@H](C#N)[C@@H]1c1ccc(Br)cc1. The standard InChI is InChI=1S/C12H12BrNO2S/c1-2-17(15,16)12-10(7-14)11(12)8-3-5-9(13)6-4-8/h3-6,10-12H,2H2,1H3/t10-,11+,12-/m1/s1. The summed E-state index contributed by atoms with van der Waals surface area (Å²) < 4.78 is 24.6. The quantitative estimate of drug-likeness (QED) is 0.861. The predicted molar refractivity (Wildman–Crippen MR) is 69.2 cm³/mol. The van der Waals surface area contributed by atoms with Crippen LogP contribution in [0.3, 0.4) is 0 Å². The second kappa shape index (κ2) is 4.43. The van der Waals surface area contributed by atoms with Crippen LogP contribution in [-0.4, -0.2) is 19.4 Å². The van der Waals surface area contributed by atoms with Gasteiger partial charge >= 0.3 is 0 Å². The molecule has 0 heterocycles. The number of hydrogen-bond donors (Lipinski definition) is 0. The Kier molecular flexibility index (Phi) is 3.28. The summed E-state index contributed by atoms with van der Waals surface area (Å²) in [6.07, 6.45) is 0. The van der Waals surface area contributed by atoms with Gasteiger partial charge in [-0.3, -0.25) is 0 Å². The summed E-state index contributed by atoms with van der Waals surface area (Å²) in [6.45, 7) is 1.63. The van der Waals surface area contributed by atoms with Crippen molar-refractivity contribution in [3.63, 3.8) is 0 Å². The first kappa shape index (κ1) is 12.6.